The molecule has 37 heavy (non-hydrogen) atoms. The Hall–Kier alpha value is -3.29. The molecule has 0 unspecified atom stereocenters. The summed E-state index contributed by atoms with van der Waals surface area (Å²) in [5.41, 5.74) is 2.65. The second kappa shape index (κ2) is 13.3. The number of hydrogen-bond acceptors (Lipinski definition) is 6. The maximum absolute atomic E-state index is 12.9. The lowest BCUT2D eigenvalue weighted by molar-refractivity contribution is -0.111. The van der Waals surface area contributed by atoms with Gasteiger partial charge in [0.1, 0.15) is 10.6 Å². The van der Waals surface area contributed by atoms with Crippen molar-refractivity contribution in [2.75, 3.05) is 25.6 Å². The second-order valence-electron chi connectivity index (χ2n) is 8.73. The van der Waals surface area contributed by atoms with Crippen molar-refractivity contribution in [1.29, 1.82) is 0 Å². The number of amides is 1. The molecule has 1 aromatic heterocycles. The Kier molecular flexibility index (Phi) is 10.2. The Balaban J connectivity index is 1.81. The minimum Gasteiger partial charge on any atom is -0.493 e. The van der Waals surface area contributed by atoms with E-state index < -0.39 is 5.97 Å². The third-order valence-electron chi connectivity index (χ3n) is 5.50. The van der Waals surface area contributed by atoms with Crippen LogP contribution < -0.4 is 14.8 Å². The van der Waals surface area contributed by atoms with Crippen molar-refractivity contribution in [1.82, 2.24) is 0 Å². The topological polar surface area (TPSA) is 73.9 Å². The fraction of sp³-hybridized carbons (Fsp3) is 0.310. The number of esters is 1. The maximum Gasteiger partial charge on any atom is 0.341 e. The van der Waals surface area contributed by atoms with Crippen LogP contribution in [-0.4, -0.2) is 32.2 Å². The predicted molar refractivity (Wildman–Crippen MR) is 151 cm³/mol. The largest absolute Gasteiger partial charge is 0.493 e. The highest BCUT2D eigenvalue weighted by Crippen LogP contribution is 2.40. The Labute approximate surface area is 227 Å². The zero-order chi connectivity index (χ0) is 26.9. The van der Waals surface area contributed by atoms with Crippen LogP contribution in [0.4, 0.5) is 5.00 Å². The molecule has 0 spiro atoms. The van der Waals surface area contributed by atoms with Crippen LogP contribution >= 0.6 is 22.9 Å². The van der Waals surface area contributed by atoms with Gasteiger partial charge in [-0.15, -0.1) is 11.3 Å². The molecule has 0 aliphatic heterocycles. The van der Waals surface area contributed by atoms with Crippen LogP contribution in [0.3, 0.4) is 0 Å². The third-order valence-corrected chi connectivity index (χ3v) is 6.77. The molecule has 0 bridgehead atoms. The van der Waals surface area contributed by atoms with Crippen LogP contribution in [0.15, 0.2) is 48.5 Å². The molecular weight excluding hydrogens is 510 g/mol. The first-order chi connectivity index (χ1) is 17.7. The van der Waals surface area contributed by atoms with E-state index in [1.807, 2.05) is 37.3 Å². The Morgan fingerprint density at radius 1 is 1.11 bits per heavy atom. The van der Waals surface area contributed by atoms with Crippen LogP contribution in [0, 0.1) is 12.8 Å². The highest BCUT2D eigenvalue weighted by atomic mass is 35.5. The quantitative estimate of drug-likeness (QED) is 0.199. The number of anilines is 1. The monoisotopic (exact) mass is 541 g/mol. The van der Waals surface area contributed by atoms with Gasteiger partial charge in [0.2, 0.25) is 5.91 Å². The van der Waals surface area contributed by atoms with Gasteiger partial charge in [-0.2, -0.15) is 0 Å². The summed E-state index contributed by atoms with van der Waals surface area (Å²) in [4.78, 5) is 26.6. The highest BCUT2D eigenvalue weighted by Gasteiger charge is 2.25. The van der Waals surface area contributed by atoms with Crippen LogP contribution in [-0.2, 0) is 9.53 Å². The number of carbonyl (C=O) groups is 2. The van der Waals surface area contributed by atoms with Crippen molar-refractivity contribution in [2.45, 2.75) is 34.1 Å². The molecule has 0 saturated heterocycles. The lowest BCUT2D eigenvalue weighted by atomic mass is 10.0. The number of hydrogen-bond donors (Lipinski definition) is 1. The normalized spacial score (nSPS) is 11.1. The number of methoxy groups -OCH3 is 1. The Morgan fingerprint density at radius 2 is 1.84 bits per heavy atom. The molecule has 3 aromatic rings. The smallest absolute Gasteiger partial charge is 0.341 e. The van der Waals surface area contributed by atoms with E-state index in [0.717, 1.165) is 28.0 Å². The highest BCUT2D eigenvalue weighted by molar-refractivity contribution is 7.17. The van der Waals surface area contributed by atoms with E-state index in [1.165, 1.54) is 17.4 Å². The SMILES string of the molecule is CCOC(=O)c1c(NC(=O)/C=C/c2ccc(OCCC(C)C)c(OC)c2)sc(C)c1-c1ccc(Cl)cc1. The molecule has 6 nitrogen and oxygen atoms in total. The van der Waals surface area contributed by atoms with Gasteiger partial charge in [-0.25, -0.2) is 4.79 Å². The average molecular weight is 542 g/mol. The van der Waals surface area contributed by atoms with E-state index in [2.05, 4.69) is 19.2 Å². The van der Waals surface area contributed by atoms with E-state index in [4.69, 9.17) is 25.8 Å². The number of ether oxygens (including phenoxy) is 3. The van der Waals surface area contributed by atoms with E-state index >= 15 is 0 Å². The zero-order valence-electron chi connectivity index (χ0n) is 21.7. The van der Waals surface area contributed by atoms with E-state index in [0.29, 0.717) is 39.6 Å². The molecular formula is C29H32ClNO5S. The summed E-state index contributed by atoms with van der Waals surface area (Å²) in [7, 11) is 1.58. The van der Waals surface area contributed by atoms with Crippen molar-refractivity contribution in [2.24, 2.45) is 5.92 Å². The molecule has 1 heterocycles. The van der Waals surface area contributed by atoms with Gasteiger partial charge in [0.15, 0.2) is 11.5 Å². The molecule has 0 radical (unpaired) electrons. The van der Waals surface area contributed by atoms with Crippen LogP contribution in [0.1, 0.15) is 48.0 Å². The molecule has 0 aliphatic carbocycles. The first-order valence-corrected chi connectivity index (χ1v) is 13.3. The van der Waals surface area contributed by atoms with Crippen molar-refractivity contribution < 1.29 is 23.8 Å². The third kappa shape index (κ3) is 7.60. The van der Waals surface area contributed by atoms with Crippen LogP contribution in [0.5, 0.6) is 11.5 Å². The van der Waals surface area contributed by atoms with E-state index in [1.54, 1.807) is 32.2 Å². The number of benzene rings is 2. The van der Waals surface area contributed by atoms with Crippen molar-refractivity contribution >= 4 is 45.9 Å². The number of thiophene rings is 1. The molecule has 3 rings (SSSR count). The van der Waals surface area contributed by atoms with Crippen molar-refractivity contribution in [3.63, 3.8) is 0 Å². The molecule has 0 aliphatic rings. The number of carbonyl (C=O) groups excluding carboxylic acids is 2. The predicted octanol–water partition coefficient (Wildman–Crippen LogP) is 7.64. The summed E-state index contributed by atoms with van der Waals surface area (Å²) < 4.78 is 16.6. The summed E-state index contributed by atoms with van der Waals surface area (Å²) in [6, 6.07) is 12.7. The van der Waals surface area contributed by atoms with E-state index in [-0.39, 0.29) is 12.5 Å². The van der Waals surface area contributed by atoms with Crippen LogP contribution in [0.25, 0.3) is 17.2 Å². The summed E-state index contributed by atoms with van der Waals surface area (Å²) in [5, 5.41) is 3.88. The summed E-state index contributed by atoms with van der Waals surface area (Å²) in [5.74, 6) is 0.940. The molecule has 8 heteroatoms. The molecule has 2 aromatic carbocycles. The first-order valence-electron chi connectivity index (χ1n) is 12.1. The average Bonchev–Trinajstić information content (AvgIpc) is 3.19. The minimum absolute atomic E-state index is 0.222. The number of halogens is 1. The lowest BCUT2D eigenvalue weighted by Crippen LogP contribution is -2.12. The molecule has 1 amide bonds. The summed E-state index contributed by atoms with van der Waals surface area (Å²) in [6.07, 6.45) is 4.04. The number of nitrogens with one attached hydrogen (secondary N) is 1. The minimum atomic E-state index is -0.492. The second-order valence-corrected chi connectivity index (χ2v) is 10.4. The van der Waals surface area contributed by atoms with Crippen LogP contribution in [0.2, 0.25) is 5.02 Å². The van der Waals surface area contributed by atoms with Gasteiger partial charge in [-0.05, 0) is 67.7 Å². The fourth-order valence-electron chi connectivity index (χ4n) is 3.63. The lowest BCUT2D eigenvalue weighted by Gasteiger charge is -2.12. The zero-order valence-corrected chi connectivity index (χ0v) is 23.3. The van der Waals surface area contributed by atoms with Gasteiger partial charge in [-0.1, -0.05) is 43.6 Å². The Bertz CT molecular complexity index is 1260. The standard InChI is InChI=1S/C29H32ClNO5S/c1-6-35-29(33)27-26(21-9-11-22(30)12-10-21)19(4)37-28(27)31-25(32)14-8-20-7-13-23(24(17-20)34-5)36-16-15-18(2)3/h7-14,17-18H,6,15-16H2,1-5H3,(H,31,32)/b14-8+. The van der Waals surface area contributed by atoms with Gasteiger partial charge >= 0.3 is 5.97 Å². The summed E-state index contributed by atoms with van der Waals surface area (Å²) >= 11 is 7.37. The first kappa shape index (κ1) is 28.3. The molecule has 1 N–H and O–H groups in total. The molecule has 0 saturated carbocycles. The fourth-order valence-corrected chi connectivity index (χ4v) is 4.83. The number of rotatable bonds is 11. The molecule has 0 fully saturated rings. The Morgan fingerprint density at radius 3 is 2.49 bits per heavy atom. The van der Waals surface area contributed by atoms with Crippen molar-refractivity contribution in [3.05, 3.63) is 69.6 Å². The van der Waals surface area contributed by atoms with Crippen molar-refractivity contribution in [3.8, 4) is 22.6 Å². The van der Waals surface area contributed by atoms with E-state index in [9.17, 15) is 9.59 Å². The van der Waals surface area contributed by atoms with Gasteiger partial charge < -0.3 is 19.5 Å². The van der Waals surface area contributed by atoms with Gasteiger partial charge in [0.25, 0.3) is 0 Å². The van der Waals surface area contributed by atoms with Gasteiger partial charge in [-0.3, -0.25) is 4.79 Å². The summed E-state index contributed by atoms with van der Waals surface area (Å²) in [6.45, 7) is 8.76. The molecule has 196 valence electrons. The molecule has 0 atom stereocenters. The number of aryl methyl sites for hydroxylation is 1. The van der Waals surface area contributed by atoms with Gasteiger partial charge in [0, 0.05) is 21.5 Å². The van der Waals surface area contributed by atoms with Gasteiger partial charge in [0.05, 0.1) is 20.3 Å². The maximum atomic E-state index is 12.9.